The van der Waals surface area contributed by atoms with Gasteiger partial charge in [0.15, 0.2) is 5.96 Å². The Morgan fingerprint density at radius 1 is 1.32 bits per heavy atom. The summed E-state index contributed by atoms with van der Waals surface area (Å²) in [5, 5.41) is 3.49. The largest absolute Gasteiger partial charge is 0.469 e. The van der Waals surface area contributed by atoms with Crippen molar-refractivity contribution in [2.75, 3.05) is 65.6 Å². The Bertz CT molecular complexity index is 650. The van der Waals surface area contributed by atoms with Gasteiger partial charge in [-0.2, -0.15) is 0 Å². The fourth-order valence-corrected chi connectivity index (χ4v) is 3.95. The van der Waals surface area contributed by atoms with Crippen LogP contribution in [0.2, 0.25) is 0 Å². The third kappa shape index (κ3) is 8.97. The van der Waals surface area contributed by atoms with E-state index >= 15 is 0 Å². The number of nitrogens with one attached hydrogen (secondary N) is 1. The number of furan rings is 1. The molecule has 0 aliphatic carbocycles. The Morgan fingerprint density at radius 2 is 2.16 bits per heavy atom. The molecular formula is C22H37IN4O4. The fraction of sp³-hybridized carbons (Fsp3) is 0.727. The number of guanidine groups is 1. The summed E-state index contributed by atoms with van der Waals surface area (Å²) in [5.41, 5.74) is 0. The maximum absolute atomic E-state index is 12.2. The molecule has 0 radical (unpaired) electrons. The lowest BCUT2D eigenvalue weighted by molar-refractivity contribution is -0.149. The molecule has 2 aliphatic rings. The van der Waals surface area contributed by atoms with Crippen LogP contribution in [0, 0.1) is 5.92 Å². The molecule has 3 heterocycles. The first-order valence-corrected chi connectivity index (χ1v) is 11.3. The molecule has 2 saturated heterocycles. The number of hydrogen-bond acceptors (Lipinski definition) is 6. The molecule has 2 aliphatic heterocycles. The highest BCUT2D eigenvalue weighted by Crippen LogP contribution is 2.18. The highest BCUT2D eigenvalue weighted by atomic mass is 127. The molecule has 0 saturated carbocycles. The number of halogens is 1. The summed E-state index contributed by atoms with van der Waals surface area (Å²) >= 11 is 0. The average molecular weight is 548 g/mol. The molecule has 1 aromatic heterocycles. The first kappa shape index (κ1) is 25.9. The summed E-state index contributed by atoms with van der Waals surface area (Å²) in [6.45, 7) is 10.1. The molecule has 1 aromatic rings. The maximum Gasteiger partial charge on any atom is 0.310 e. The van der Waals surface area contributed by atoms with Crippen molar-refractivity contribution >= 4 is 35.9 Å². The molecule has 8 nitrogen and oxygen atoms in total. The van der Waals surface area contributed by atoms with Crippen molar-refractivity contribution < 1.29 is 18.7 Å². The molecule has 0 bridgehead atoms. The predicted molar refractivity (Wildman–Crippen MR) is 131 cm³/mol. The number of esters is 1. The summed E-state index contributed by atoms with van der Waals surface area (Å²) < 4.78 is 16.1. The van der Waals surface area contributed by atoms with Crippen LogP contribution in [0.25, 0.3) is 0 Å². The molecule has 3 rings (SSSR count). The lowest BCUT2D eigenvalue weighted by Crippen LogP contribution is -2.48. The molecule has 1 atom stereocenters. The number of nitrogens with zero attached hydrogens (tertiary/aromatic N) is 3. The maximum atomic E-state index is 12.2. The minimum atomic E-state index is -0.0931. The van der Waals surface area contributed by atoms with Gasteiger partial charge in [-0.1, -0.05) is 0 Å². The van der Waals surface area contributed by atoms with E-state index < -0.39 is 0 Å². The number of aliphatic imine (C=N–C) groups is 1. The van der Waals surface area contributed by atoms with Crippen LogP contribution in [0.5, 0.6) is 0 Å². The zero-order valence-corrected chi connectivity index (χ0v) is 20.9. The Kier molecular flexibility index (Phi) is 12.3. The molecule has 0 amide bonds. The minimum absolute atomic E-state index is 0. The SMILES string of the molecule is CCOC(=O)C1CCCN(C(=NCCCN2CCOCC2)NCCc2ccco2)C1.I. The summed E-state index contributed by atoms with van der Waals surface area (Å²) in [6, 6.07) is 3.89. The number of hydrogen-bond donors (Lipinski definition) is 1. The van der Waals surface area contributed by atoms with E-state index in [1.165, 1.54) is 0 Å². The van der Waals surface area contributed by atoms with Crippen LogP contribution in [0.4, 0.5) is 0 Å². The monoisotopic (exact) mass is 548 g/mol. The molecular weight excluding hydrogens is 511 g/mol. The van der Waals surface area contributed by atoms with Crippen LogP contribution in [0.1, 0.15) is 31.9 Å². The van der Waals surface area contributed by atoms with E-state index in [1.807, 2.05) is 19.1 Å². The van der Waals surface area contributed by atoms with E-state index in [0.717, 1.165) is 89.9 Å². The summed E-state index contributed by atoms with van der Waals surface area (Å²) in [4.78, 5) is 21.8. The van der Waals surface area contributed by atoms with Gasteiger partial charge in [-0.25, -0.2) is 0 Å². The van der Waals surface area contributed by atoms with Crippen molar-refractivity contribution in [2.45, 2.75) is 32.6 Å². The van der Waals surface area contributed by atoms with Gasteiger partial charge in [-0.3, -0.25) is 14.7 Å². The molecule has 176 valence electrons. The molecule has 0 aromatic carbocycles. The number of likely N-dealkylation sites (tertiary alicyclic amines) is 1. The van der Waals surface area contributed by atoms with Crippen LogP contribution in [0.3, 0.4) is 0 Å². The number of carbonyl (C=O) groups is 1. The molecule has 31 heavy (non-hydrogen) atoms. The fourth-order valence-electron chi connectivity index (χ4n) is 3.95. The van der Waals surface area contributed by atoms with Gasteiger partial charge in [0.1, 0.15) is 5.76 Å². The van der Waals surface area contributed by atoms with Crippen LogP contribution in [-0.4, -0.2) is 87.4 Å². The third-order valence-electron chi connectivity index (χ3n) is 5.57. The van der Waals surface area contributed by atoms with Gasteiger partial charge in [-0.05, 0) is 38.3 Å². The first-order chi connectivity index (χ1) is 14.8. The van der Waals surface area contributed by atoms with Crippen LogP contribution in [-0.2, 0) is 20.7 Å². The van der Waals surface area contributed by atoms with E-state index in [0.29, 0.717) is 13.2 Å². The van der Waals surface area contributed by atoms with Gasteiger partial charge in [0, 0.05) is 52.2 Å². The normalized spacial score (nSPS) is 20.2. The van der Waals surface area contributed by atoms with Crippen molar-refractivity contribution in [1.82, 2.24) is 15.1 Å². The van der Waals surface area contributed by atoms with Gasteiger partial charge in [0.25, 0.3) is 0 Å². The highest BCUT2D eigenvalue weighted by Gasteiger charge is 2.28. The second-order valence-corrected chi connectivity index (χ2v) is 7.81. The van der Waals surface area contributed by atoms with Gasteiger partial charge in [0.05, 0.1) is 32.0 Å². The van der Waals surface area contributed by atoms with Crippen LogP contribution in [0.15, 0.2) is 27.8 Å². The van der Waals surface area contributed by atoms with Gasteiger partial charge in [-0.15, -0.1) is 24.0 Å². The Balaban J connectivity index is 0.00000341. The zero-order chi connectivity index (χ0) is 21.0. The number of ether oxygens (including phenoxy) is 2. The molecule has 1 N–H and O–H groups in total. The predicted octanol–water partition coefficient (Wildman–Crippen LogP) is 2.38. The van der Waals surface area contributed by atoms with E-state index in [1.54, 1.807) is 6.26 Å². The Morgan fingerprint density at radius 3 is 2.90 bits per heavy atom. The average Bonchev–Trinajstić information content (AvgIpc) is 3.30. The minimum Gasteiger partial charge on any atom is -0.469 e. The van der Waals surface area contributed by atoms with Gasteiger partial charge < -0.3 is 24.1 Å². The summed E-state index contributed by atoms with van der Waals surface area (Å²) in [5.74, 6) is 1.67. The zero-order valence-electron chi connectivity index (χ0n) is 18.6. The standard InChI is InChI=1S/C22H36N4O4.HI/c1-2-29-21(27)19-6-3-12-26(18-19)22(24-10-8-20-7-4-15-30-20)23-9-5-11-25-13-16-28-17-14-25;/h4,7,15,19H,2-3,5-6,8-14,16-18H2,1H3,(H,23,24);1H. The third-order valence-corrected chi connectivity index (χ3v) is 5.57. The van der Waals surface area contributed by atoms with Gasteiger partial charge >= 0.3 is 5.97 Å². The molecule has 9 heteroatoms. The number of carbonyl (C=O) groups excluding carboxylic acids is 1. The van der Waals surface area contributed by atoms with Crippen molar-refractivity contribution in [1.29, 1.82) is 0 Å². The van der Waals surface area contributed by atoms with Crippen molar-refractivity contribution in [3.63, 3.8) is 0 Å². The van der Waals surface area contributed by atoms with E-state index in [4.69, 9.17) is 18.9 Å². The van der Waals surface area contributed by atoms with Crippen molar-refractivity contribution in [2.24, 2.45) is 10.9 Å². The van der Waals surface area contributed by atoms with E-state index in [2.05, 4.69) is 15.1 Å². The topological polar surface area (TPSA) is 79.5 Å². The van der Waals surface area contributed by atoms with E-state index in [-0.39, 0.29) is 35.9 Å². The first-order valence-electron chi connectivity index (χ1n) is 11.3. The summed E-state index contributed by atoms with van der Waals surface area (Å²) in [7, 11) is 0. The smallest absolute Gasteiger partial charge is 0.310 e. The summed E-state index contributed by atoms with van der Waals surface area (Å²) in [6.07, 6.45) is 5.36. The molecule has 0 spiro atoms. The quantitative estimate of drug-likeness (QED) is 0.167. The number of morpholine rings is 1. The number of rotatable bonds is 9. The van der Waals surface area contributed by atoms with Gasteiger partial charge in [0.2, 0.25) is 0 Å². The van der Waals surface area contributed by atoms with Crippen molar-refractivity contribution in [3.05, 3.63) is 24.2 Å². The van der Waals surface area contributed by atoms with Crippen molar-refractivity contribution in [3.8, 4) is 0 Å². The Hall–Kier alpha value is -1.33. The molecule has 2 fully saturated rings. The second kappa shape index (κ2) is 14.7. The van der Waals surface area contributed by atoms with Crippen LogP contribution >= 0.6 is 24.0 Å². The van der Waals surface area contributed by atoms with E-state index in [9.17, 15) is 4.79 Å². The Labute approximate surface area is 202 Å². The molecule has 1 unspecified atom stereocenters. The van der Waals surface area contributed by atoms with Crippen LogP contribution < -0.4 is 5.32 Å². The second-order valence-electron chi connectivity index (χ2n) is 7.81. The number of piperidine rings is 1. The highest BCUT2D eigenvalue weighted by molar-refractivity contribution is 14.0. The lowest BCUT2D eigenvalue weighted by atomic mass is 9.98. The lowest BCUT2D eigenvalue weighted by Gasteiger charge is -2.34.